The number of nitrogens with zero attached hydrogens (tertiary/aromatic N) is 2. The van der Waals surface area contributed by atoms with Crippen LogP contribution in [0.2, 0.25) is 0 Å². The van der Waals surface area contributed by atoms with Crippen molar-refractivity contribution in [1.82, 2.24) is 15.1 Å². The first-order valence-electron chi connectivity index (χ1n) is 6.48. The third-order valence-corrected chi connectivity index (χ3v) is 3.23. The highest BCUT2D eigenvalue weighted by Gasteiger charge is 2.31. The highest BCUT2D eigenvalue weighted by Crippen LogP contribution is 2.21. The summed E-state index contributed by atoms with van der Waals surface area (Å²) in [6.45, 7) is 6.70. The largest absolute Gasteiger partial charge is 0.479 e. The zero-order valence-electron chi connectivity index (χ0n) is 11.8. The number of rotatable bonds is 2. The Kier molecular flexibility index (Phi) is 3.80. The number of morpholine rings is 1. The average molecular weight is 281 g/mol. The number of hydrogen-bond acceptors (Lipinski definition) is 4. The van der Waals surface area contributed by atoms with Gasteiger partial charge in [0.1, 0.15) is 5.69 Å². The molecule has 110 valence electrons. The van der Waals surface area contributed by atoms with Crippen molar-refractivity contribution in [2.24, 2.45) is 0 Å². The maximum atomic E-state index is 12.3. The summed E-state index contributed by atoms with van der Waals surface area (Å²) in [4.78, 5) is 24.7. The molecule has 0 bridgehead atoms. The predicted molar refractivity (Wildman–Crippen MR) is 70.6 cm³/mol. The van der Waals surface area contributed by atoms with Crippen molar-refractivity contribution in [1.29, 1.82) is 0 Å². The molecule has 1 aromatic rings. The molecule has 2 heterocycles. The van der Waals surface area contributed by atoms with Crippen LogP contribution in [0.15, 0.2) is 6.07 Å². The second kappa shape index (κ2) is 5.24. The van der Waals surface area contributed by atoms with Crippen molar-refractivity contribution >= 4 is 11.9 Å². The minimum Gasteiger partial charge on any atom is -0.479 e. The fourth-order valence-corrected chi connectivity index (χ4v) is 1.96. The van der Waals surface area contributed by atoms with Gasteiger partial charge < -0.3 is 14.7 Å². The van der Waals surface area contributed by atoms with Crippen LogP contribution >= 0.6 is 0 Å². The Hall–Kier alpha value is -1.89. The number of aromatic nitrogens is 2. The standard InChI is InChI=1S/C13H19N3O4/c1-13(2,3)10-6-8(14-15-10)11(17)16-4-5-20-9(7-16)12(18)19/h6,9H,4-5,7H2,1-3H3,(H,14,15)(H,18,19). The van der Waals surface area contributed by atoms with Crippen LogP contribution < -0.4 is 0 Å². The van der Waals surface area contributed by atoms with Gasteiger partial charge in [0, 0.05) is 17.7 Å². The molecule has 1 aliphatic rings. The van der Waals surface area contributed by atoms with Crippen LogP contribution in [-0.2, 0) is 14.9 Å². The Bertz CT molecular complexity index is 518. The Morgan fingerprint density at radius 3 is 2.75 bits per heavy atom. The van der Waals surface area contributed by atoms with Crippen LogP contribution in [0.5, 0.6) is 0 Å². The minimum absolute atomic E-state index is 0.0475. The molecule has 1 fully saturated rings. The summed E-state index contributed by atoms with van der Waals surface area (Å²) < 4.78 is 5.09. The molecular weight excluding hydrogens is 262 g/mol. The van der Waals surface area contributed by atoms with Crippen LogP contribution in [0, 0.1) is 0 Å². The molecule has 0 radical (unpaired) electrons. The van der Waals surface area contributed by atoms with E-state index in [0.717, 1.165) is 5.69 Å². The summed E-state index contributed by atoms with van der Waals surface area (Å²) in [5.41, 5.74) is 1.05. The monoisotopic (exact) mass is 281 g/mol. The fourth-order valence-electron chi connectivity index (χ4n) is 1.96. The number of ether oxygens (including phenoxy) is 1. The number of aromatic amines is 1. The number of H-pyrrole nitrogens is 1. The smallest absolute Gasteiger partial charge is 0.334 e. The Morgan fingerprint density at radius 1 is 1.50 bits per heavy atom. The lowest BCUT2D eigenvalue weighted by Crippen LogP contribution is -2.48. The molecule has 1 aliphatic heterocycles. The van der Waals surface area contributed by atoms with E-state index < -0.39 is 12.1 Å². The fraction of sp³-hybridized carbons (Fsp3) is 0.615. The normalized spacial score (nSPS) is 19.9. The van der Waals surface area contributed by atoms with Crippen molar-refractivity contribution in [3.8, 4) is 0 Å². The summed E-state index contributed by atoms with van der Waals surface area (Å²) >= 11 is 0. The Labute approximate surface area is 116 Å². The van der Waals surface area contributed by atoms with Crippen molar-refractivity contribution < 1.29 is 19.4 Å². The molecule has 7 heteroatoms. The quantitative estimate of drug-likeness (QED) is 0.829. The highest BCUT2D eigenvalue weighted by molar-refractivity contribution is 5.93. The predicted octanol–water partition coefficient (Wildman–Crippen LogP) is 0.633. The second-order valence-electron chi connectivity index (χ2n) is 5.87. The number of aliphatic carboxylic acids is 1. The summed E-state index contributed by atoms with van der Waals surface area (Å²) in [5.74, 6) is -1.33. The number of amides is 1. The van der Waals surface area contributed by atoms with Gasteiger partial charge in [0.25, 0.3) is 5.91 Å². The van der Waals surface area contributed by atoms with Gasteiger partial charge in [-0.05, 0) is 6.07 Å². The topological polar surface area (TPSA) is 95.5 Å². The third-order valence-electron chi connectivity index (χ3n) is 3.23. The summed E-state index contributed by atoms with van der Waals surface area (Å²) in [6, 6.07) is 1.72. The van der Waals surface area contributed by atoms with Crippen molar-refractivity contribution in [2.75, 3.05) is 19.7 Å². The molecule has 1 amide bonds. The van der Waals surface area contributed by atoms with Gasteiger partial charge in [-0.25, -0.2) is 4.79 Å². The number of nitrogens with one attached hydrogen (secondary N) is 1. The highest BCUT2D eigenvalue weighted by atomic mass is 16.5. The van der Waals surface area contributed by atoms with Gasteiger partial charge in [-0.15, -0.1) is 0 Å². The molecule has 0 aliphatic carbocycles. The van der Waals surface area contributed by atoms with E-state index in [4.69, 9.17) is 9.84 Å². The van der Waals surface area contributed by atoms with E-state index in [0.29, 0.717) is 12.2 Å². The lowest BCUT2D eigenvalue weighted by atomic mass is 9.92. The van der Waals surface area contributed by atoms with Gasteiger partial charge >= 0.3 is 5.97 Å². The lowest BCUT2D eigenvalue weighted by Gasteiger charge is -2.30. The first-order chi connectivity index (χ1) is 9.29. The van der Waals surface area contributed by atoms with Crippen LogP contribution in [0.25, 0.3) is 0 Å². The Balaban J connectivity index is 2.11. The molecule has 20 heavy (non-hydrogen) atoms. The van der Waals surface area contributed by atoms with Crippen LogP contribution in [-0.4, -0.2) is 57.9 Å². The number of carbonyl (C=O) groups excluding carboxylic acids is 1. The first-order valence-corrected chi connectivity index (χ1v) is 6.48. The molecule has 2 rings (SSSR count). The average Bonchev–Trinajstić information content (AvgIpc) is 2.87. The molecule has 1 unspecified atom stereocenters. The van der Waals surface area contributed by atoms with E-state index in [1.54, 1.807) is 6.07 Å². The van der Waals surface area contributed by atoms with Crippen LogP contribution in [0.3, 0.4) is 0 Å². The van der Waals surface area contributed by atoms with Gasteiger partial charge in [0.2, 0.25) is 0 Å². The number of carboxylic acid groups (broad SMARTS) is 1. The van der Waals surface area contributed by atoms with Gasteiger partial charge in [0.05, 0.1) is 13.2 Å². The third kappa shape index (κ3) is 2.98. The van der Waals surface area contributed by atoms with E-state index >= 15 is 0 Å². The number of carbonyl (C=O) groups is 2. The van der Waals surface area contributed by atoms with E-state index in [9.17, 15) is 9.59 Å². The van der Waals surface area contributed by atoms with E-state index in [1.807, 2.05) is 20.8 Å². The SMILES string of the molecule is CC(C)(C)c1cc(C(=O)N2CCOC(C(=O)O)C2)n[nH]1. The van der Waals surface area contributed by atoms with Crippen molar-refractivity contribution in [3.63, 3.8) is 0 Å². The maximum Gasteiger partial charge on any atom is 0.334 e. The molecule has 1 aromatic heterocycles. The van der Waals surface area contributed by atoms with Crippen LogP contribution in [0.1, 0.15) is 37.0 Å². The molecule has 0 saturated carbocycles. The number of carboxylic acids is 1. The molecule has 1 atom stereocenters. The molecule has 0 aromatic carbocycles. The van der Waals surface area contributed by atoms with Gasteiger partial charge in [-0.1, -0.05) is 20.8 Å². The van der Waals surface area contributed by atoms with E-state index in [-0.39, 0.29) is 24.5 Å². The second-order valence-corrected chi connectivity index (χ2v) is 5.87. The summed E-state index contributed by atoms with van der Waals surface area (Å²) in [5, 5.41) is 15.8. The van der Waals surface area contributed by atoms with Gasteiger partial charge in [0.15, 0.2) is 6.10 Å². The minimum atomic E-state index is -1.06. The summed E-state index contributed by atoms with van der Waals surface area (Å²) in [6.07, 6.45) is -0.964. The Morgan fingerprint density at radius 2 is 2.20 bits per heavy atom. The first kappa shape index (κ1) is 14.5. The molecule has 2 N–H and O–H groups in total. The zero-order valence-corrected chi connectivity index (χ0v) is 11.8. The van der Waals surface area contributed by atoms with Crippen LogP contribution in [0.4, 0.5) is 0 Å². The molecule has 1 saturated heterocycles. The zero-order chi connectivity index (χ0) is 14.9. The maximum absolute atomic E-state index is 12.3. The van der Waals surface area contributed by atoms with E-state index in [2.05, 4.69) is 10.2 Å². The van der Waals surface area contributed by atoms with Gasteiger partial charge in [-0.3, -0.25) is 9.89 Å². The number of hydrogen-bond donors (Lipinski definition) is 2. The van der Waals surface area contributed by atoms with Crippen molar-refractivity contribution in [3.05, 3.63) is 17.5 Å². The van der Waals surface area contributed by atoms with E-state index in [1.165, 1.54) is 4.90 Å². The van der Waals surface area contributed by atoms with Gasteiger partial charge in [-0.2, -0.15) is 5.10 Å². The summed E-state index contributed by atoms with van der Waals surface area (Å²) in [7, 11) is 0. The molecular formula is C13H19N3O4. The molecule has 0 spiro atoms. The lowest BCUT2D eigenvalue weighted by molar-refractivity contribution is -0.154. The van der Waals surface area contributed by atoms with Crippen molar-refractivity contribution in [2.45, 2.75) is 32.3 Å². The molecule has 7 nitrogen and oxygen atoms in total.